The molecule has 0 saturated carbocycles. The molecule has 1 atom stereocenters. The van der Waals surface area contributed by atoms with Gasteiger partial charge in [-0.05, 0) is 67.3 Å². The number of nitrogens with zero attached hydrogens (tertiary/aromatic N) is 1. The number of benzene rings is 2. The molecule has 1 unspecified atom stereocenters. The number of amidine groups is 1. The highest BCUT2D eigenvalue weighted by molar-refractivity contribution is 5.99. The Kier molecular flexibility index (Phi) is 7.65. The second-order valence-electron chi connectivity index (χ2n) is 7.60. The van der Waals surface area contributed by atoms with E-state index >= 15 is 0 Å². The van der Waals surface area contributed by atoms with Gasteiger partial charge in [-0.15, -0.1) is 0 Å². The summed E-state index contributed by atoms with van der Waals surface area (Å²) in [7, 11) is 0. The van der Waals surface area contributed by atoms with E-state index in [1.165, 1.54) is 11.6 Å². The second-order valence-corrected chi connectivity index (χ2v) is 7.60. The second kappa shape index (κ2) is 10.8. The maximum Gasteiger partial charge on any atom is 0.248 e. The summed E-state index contributed by atoms with van der Waals surface area (Å²) in [5.74, 6) is 0.820. The lowest BCUT2D eigenvalue weighted by molar-refractivity contribution is -0.111. The van der Waals surface area contributed by atoms with Crippen LogP contribution in [0.2, 0.25) is 0 Å². The topological polar surface area (TPSA) is 106 Å². The van der Waals surface area contributed by atoms with Crippen LogP contribution in [-0.2, 0) is 11.2 Å². The third-order valence-corrected chi connectivity index (χ3v) is 4.71. The molecule has 0 fully saturated rings. The number of carbonyl (C=O) groups is 1. The molecule has 2 aromatic carbocycles. The van der Waals surface area contributed by atoms with Crippen molar-refractivity contribution >= 4 is 17.4 Å². The summed E-state index contributed by atoms with van der Waals surface area (Å²) < 4.78 is 0. The Hall–Kier alpha value is -4.06. The minimum absolute atomic E-state index is 0.133. The van der Waals surface area contributed by atoms with Crippen LogP contribution in [0.25, 0.3) is 0 Å². The van der Waals surface area contributed by atoms with Gasteiger partial charge < -0.3 is 22.1 Å². The average molecular weight is 428 g/mol. The minimum atomic E-state index is -0.163. The van der Waals surface area contributed by atoms with Crippen LogP contribution in [0.1, 0.15) is 31.0 Å². The number of anilines is 1. The number of nitrogens with one attached hydrogen (secondary N) is 2. The van der Waals surface area contributed by atoms with Crippen molar-refractivity contribution in [1.29, 1.82) is 0 Å². The number of dihydropyridines is 1. The fourth-order valence-corrected chi connectivity index (χ4v) is 3.42. The number of hydrogen-bond donors (Lipinski definition) is 4. The molecule has 0 saturated heterocycles. The van der Waals surface area contributed by atoms with Gasteiger partial charge in [0.1, 0.15) is 11.7 Å². The molecule has 6 heteroatoms. The fourth-order valence-electron chi connectivity index (χ4n) is 3.42. The molecule has 0 aromatic heterocycles. The molecule has 1 amide bonds. The van der Waals surface area contributed by atoms with Crippen molar-refractivity contribution < 1.29 is 4.79 Å². The third-order valence-electron chi connectivity index (χ3n) is 4.71. The van der Waals surface area contributed by atoms with Gasteiger partial charge in [-0.25, -0.2) is 4.99 Å². The third kappa shape index (κ3) is 6.74. The number of rotatable bonds is 7. The van der Waals surface area contributed by atoms with Gasteiger partial charge in [-0.2, -0.15) is 0 Å². The molecule has 6 nitrogen and oxygen atoms in total. The lowest BCUT2D eigenvalue weighted by Gasteiger charge is -2.24. The number of nitrogens with two attached hydrogens (primary N) is 2. The Bertz CT molecular complexity index is 1110. The predicted molar refractivity (Wildman–Crippen MR) is 132 cm³/mol. The Morgan fingerprint density at radius 1 is 1.16 bits per heavy atom. The molecule has 2 aromatic rings. The Morgan fingerprint density at radius 2 is 1.94 bits per heavy atom. The van der Waals surface area contributed by atoms with E-state index in [0.717, 1.165) is 23.2 Å². The van der Waals surface area contributed by atoms with Crippen LogP contribution >= 0.6 is 0 Å². The van der Waals surface area contributed by atoms with Gasteiger partial charge in [0.15, 0.2) is 0 Å². The highest BCUT2D eigenvalue weighted by Gasteiger charge is 2.17. The quantitative estimate of drug-likeness (QED) is 0.304. The van der Waals surface area contributed by atoms with E-state index in [2.05, 4.69) is 33.8 Å². The summed E-state index contributed by atoms with van der Waals surface area (Å²) in [6.07, 6.45) is 9.75. The van der Waals surface area contributed by atoms with Gasteiger partial charge >= 0.3 is 0 Å². The first-order valence-electron chi connectivity index (χ1n) is 10.5. The average Bonchev–Trinajstić information content (AvgIpc) is 2.74. The van der Waals surface area contributed by atoms with Crippen molar-refractivity contribution in [3.63, 3.8) is 0 Å². The van der Waals surface area contributed by atoms with E-state index in [0.29, 0.717) is 17.4 Å². The van der Waals surface area contributed by atoms with Crippen LogP contribution in [-0.4, -0.2) is 11.7 Å². The number of hydrogen-bond acceptors (Lipinski definition) is 4. The zero-order valence-corrected chi connectivity index (χ0v) is 18.4. The van der Waals surface area contributed by atoms with Gasteiger partial charge in [-0.3, -0.25) is 4.79 Å². The van der Waals surface area contributed by atoms with Crippen molar-refractivity contribution in [3.8, 4) is 0 Å². The van der Waals surface area contributed by atoms with Crippen LogP contribution in [0.4, 0.5) is 5.69 Å². The number of aliphatic imine (C=N–C) groups is 1. The molecule has 164 valence electrons. The molecule has 6 N–H and O–H groups in total. The van der Waals surface area contributed by atoms with Gasteiger partial charge in [-0.1, -0.05) is 54.6 Å². The first-order chi connectivity index (χ1) is 15.4. The lowest BCUT2D eigenvalue weighted by Crippen LogP contribution is -2.24. The molecule has 1 aliphatic heterocycles. The van der Waals surface area contributed by atoms with Crippen molar-refractivity contribution in [1.82, 2.24) is 5.32 Å². The zero-order valence-electron chi connectivity index (χ0n) is 18.4. The number of allylic oxidation sites excluding steroid dienone is 4. The zero-order chi connectivity index (χ0) is 22.9. The molecule has 0 radical (unpaired) electrons. The molecule has 1 aliphatic rings. The Balaban J connectivity index is 1.92. The van der Waals surface area contributed by atoms with E-state index < -0.39 is 0 Å². The predicted octanol–water partition coefficient (Wildman–Crippen LogP) is 4.08. The van der Waals surface area contributed by atoms with Crippen LogP contribution in [0.15, 0.2) is 107 Å². The van der Waals surface area contributed by atoms with Gasteiger partial charge in [0, 0.05) is 11.4 Å². The molecule has 0 aliphatic carbocycles. The van der Waals surface area contributed by atoms with Crippen LogP contribution in [0.5, 0.6) is 0 Å². The summed E-state index contributed by atoms with van der Waals surface area (Å²) in [5, 5.41) is 6.30. The largest absolute Gasteiger partial charge is 0.402 e. The first-order valence-corrected chi connectivity index (χ1v) is 10.5. The van der Waals surface area contributed by atoms with Crippen LogP contribution in [0.3, 0.4) is 0 Å². The van der Waals surface area contributed by atoms with E-state index in [9.17, 15) is 4.79 Å². The summed E-state index contributed by atoms with van der Waals surface area (Å²) in [6.45, 7) is 3.57. The fraction of sp³-hybridized carbons (Fsp3) is 0.154. The maximum atomic E-state index is 11.9. The van der Waals surface area contributed by atoms with Gasteiger partial charge in [0.05, 0.1) is 6.04 Å². The first kappa shape index (κ1) is 22.6. The molecule has 1 heterocycles. The molecule has 0 spiro atoms. The standard InChI is InChI=1S/C26H29N5O/c1-3-8-26(32)29-22-12-7-11-21(17-22)23-15-20(14-19-9-5-4-6-10-19)16-25(30-23)31-24(28)13-18(2)27/h3-13,15-17,23,30H,14,27H2,1-2H3,(H2,28,31)(H,29,32)/b8-3+,18-13-. The highest BCUT2D eigenvalue weighted by Crippen LogP contribution is 2.27. The lowest BCUT2D eigenvalue weighted by atomic mass is 9.96. The van der Waals surface area contributed by atoms with E-state index in [4.69, 9.17) is 11.5 Å². The van der Waals surface area contributed by atoms with E-state index in [-0.39, 0.29) is 11.9 Å². The molecular weight excluding hydrogens is 398 g/mol. The van der Waals surface area contributed by atoms with Crippen molar-refractivity contribution in [2.45, 2.75) is 26.3 Å². The Labute approximate surface area is 189 Å². The van der Waals surface area contributed by atoms with Crippen LogP contribution < -0.4 is 22.1 Å². The SMILES string of the molecule is C/C=C/C(=O)Nc1cccc(C2C=C(Cc3ccccc3)C=C(N=C(N)/C=C(/C)N)N2)c1. The summed E-state index contributed by atoms with van der Waals surface area (Å²) in [4.78, 5) is 16.4. The molecule has 32 heavy (non-hydrogen) atoms. The van der Waals surface area contributed by atoms with Crippen molar-refractivity contribution in [3.05, 3.63) is 113 Å². The van der Waals surface area contributed by atoms with Crippen molar-refractivity contribution in [2.24, 2.45) is 16.5 Å². The minimum Gasteiger partial charge on any atom is -0.402 e. The molecule has 3 rings (SSSR count). The maximum absolute atomic E-state index is 11.9. The Morgan fingerprint density at radius 3 is 2.66 bits per heavy atom. The van der Waals surface area contributed by atoms with E-state index in [1.807, 2.05) is 55.5 Å². The summed E-state index contributed by atoms with van der Waals surface area (Å²) in [5.41, 5.74) is 16.4. The van der Waals surface area contributed by atoms with Crippen molar-refractivity contribution in [2.75, 3.05) is 5.32 Å². The molecular formula is C26H29N5O. The normalized spacial score (nSPS) is 16.9. The number of amides is 1. The monoisotopic (exact) mass is 427 g/mol. The summed E-state index contributed by atoms with van der Waals surface area (Å²) in [6, 6.07) is 17.9. The van der Waals surface area contributed by atoms with Gasteiger partial charge in [0.2, 0.25) is 5.91 Å². The van der Waals surface area contributed by atoms with Gasteiger partial charge in [0.25, 0.3) is 0 Å². The number of carbonyl (C=O) groups excluding carboxylic acids is 1. The van der Waals surface area contributed by atoms with E-state index in [1.54, 1.807) is 19.1 Å². The smallest absolute Gasteiger partial charge is 0.248 e. The molecule has 0 bridgehead atoms. The highest BCUT2D eigenvalue weighted by atomic mass is 16.1. The summed E-state index contributed by atoms with van der Waals surface area (Å²) >= 11 is 0. The van der Waals surface area contributed by atoms with Crippen LogP contribution in [0, 0.1) is 0 Å².